The predicted octanol–water partition coefficient (Wildman–Crippen LogP) is 15.6. The Hall–Kier alpha value is -7.36. The van der Waals surface area contributed by atoms with Gasteiger partial charge in [0.25, 0.3) is 0 Å². The number of hydrogen-bond donors (Lipinski definition) is 0. The number of anilines is 6. The maximum Gasteiger partial charge on any atom is 0.0544 e. The van der Waals surface area contributed by atoms with E-state index in [0.29, 0.717) is 5.92 Å². The van der Waals surface area contributed by atoms with E-state index < -0.39 is 0 Å². The number of aromatic nitrogens is 1. The largest absolute Gasteiger partial charge is 0.311 e. The monoisotopic (exact) mass is 771 g/mol. The van der Waals surface area contributed by atoms with Gasteiger partial charge in [-0.05, 0) is 137 Å². The van der Waals surface area contributed by atoms with Crippen molar-refractivity contribution in [2.75, 3.05) is 9.80 Å². The van der Waals surface area contributed by atoms with Gasteiger partial charge in [-0.3, -0.25) is 0 Å². The summed E-state index contributed by atoms with van der Waals surface area (Å²) in [6.45, 7) is 4.74. The third kappa shape index (κ3) is 5.96. The van der Waals surface area contributed by atoms with Gasteiger partial charge in [0.2, 0.25) is 0 Å². The first-order valence-corrected chi connectivity index (χ1v) is 21.0. The Kier molecular flexibility index (Phi) is 8.63. The molecule has 0 amide bonds. The fraction of sp³-hybridized carbons (Fsp3) is 0.0877. The number of nitrogens with zero attached hydrogens (tertiary/aromatic N) is 3. The summed E-state index contributed by atoms with van der Waals surface area (Å²) in [6, 6.07) is 71.2. The van der Waals surface area contributed by atoms with Gasteiger partial charge in [-0.15, -0.1) is 0 Å². The van der Waals surface area contributed by atoms with Crippen LogP contribution in [-0.4, -0.2) is 4.57 Å². The Balaban J connectivity index is 1.09. The van der Waals surface area contributed by atoms with E-state index in [9.17, 15) is 0 Å². The molecule has 0 saturated heterocycles. The molecular formula is C57H45N3. The predicted molar refractivity (Wildman–Crippen MR) is 253 cm³/mol. The van der Waals surface area contributed by atoms with Crippen molar-refractivity contribution in [3.05, 3.63) is 235 Å². The molecule has 60 heavy (non-hydrogen) atoms. The summed E-state index contributed by atoms with van der Waals surface area (Å²) in [5.41, 5.74) is 16.9. The average Bonchev–Trinajstić information content (AvgIpc) is 3.74. The molecule has 0 saturated carbocycles. The van der Waals surface area contributed by atoms with E-state index in [1.165, 1.54) is 49.6 Å². The molecule has 2 aliphatic rings. The SMILES string of the molecule is CC1(C)c2ccccc2-c2cc3c4cc(N(c5ccccc5)c5ccc(C6C=CC=CC6)cc5)ccc4n(-c4ccc(N(c5ccccc5)c5ccccc5)cc4)c3cc21. The Morgan fingerprint density at radius 2 is 0.983 bits per heavy atom. The van der Waals surface area contributed by atoms with Gasteiger partial charge in [0.05, 0.1) is 11.0 Å². The van der Waals surface area contributed by atoms with Crippen molar-refractivity contribution in [3.63, 3.8) is 0 Å². The van der Waals surface area contributed by atoms with Gasteiger partial charge < -0.3 is 14.4 Å². The average molecular weight is 772 g/mol. The van der Waals surface area contributed by atoms with Crippen LogP contribution in [-0.2, 0) is 5.41 Å². The summed E-state index contributed by atoms with van der Waals surface area (Å²) in [4.78, 5) is 4.72. The van der Waals surface area contributed by atoms with E-state index >= 15 is 0 Å². The molecule has 0 fully saturated rings. The van der Waals surface area contributed by atoms with E-state index in [4.69, 9.17) is 0 Å². The van der Waals surface area contributed by atoms with Crippen molar-refractivity contribution in [1.82, 2.24) is 4.57 Å². The van der Waals surface area contributed by atoms with Crippen LogP contribution in [0.25, 0.3) is 38.6 Å². The van der Waals surface area contributed by atoms with Crippen molar-refractivity contribution in [1.29, 1.82) is 0 Å². The summed E-state index contributed by atoms with van der Waals surface area (Å²) in [6.07, 6.45) is 9.90. The molecule has 1 heterocycles. The van der Waals surface area contributed by atoms with E-state index in [-0.39, 0.29) is 5.41 Å². The van der Waals surface area contributed by atoms with Crippen molar-refractivity contribution in [3.8, 4) is 16.8 Å². The van der Waals surface area contributed by atoms with Crippen LogP contribution in [0.2, 0.25) is 0 Å². The van der Waals surface area contributed by atoms with E-state index in [1.54, 1.807) is 0 Å². The Labute approximate surface area is 352 Å². The molecule has 1 atom stereocenters. The standard InChI is InChI=1S/C57H45N3/c1-57(2)53-26-16-15-25-49(53)50-38-52-51-37-48(59(44-23-13-6-14-24-44)45-29-27-41(28-30-45)40-17-7-3-8-18-40)35-36-55(51)60(56(52)39-54(50)57)47-33-31-46(32-34-47)58(42-19-9-4-10-20-42)43-21-11-5-12-22-43/h3-17,19-40H,18H2,1-2H3. The highest BCUT2D eigenvalue weighted by Gasteiger charge is 2.36. The smallest absolute Gasteiger partial charge is 0.0544 e. The lowest BCUT2D eigenvalue weighted by Gasteiger charge is -2.26. The summed E-state index contributed by atoms with van der Waals surface area (Å²) >= 11 is 0. The van der Waals surface area contributed by atoms with Crippen molar-refractivity contribution >= 4 is 55.9 Å². The Morgan fingerprint density at radius 3 is 1.60 bits per heavy atom. The zero-order chi connectivity index (χ0) is 40.2. The normalized spacial score (nSPS) is 14.9. The zero-order valence-corrected chi connectivity index (χ0v) is 33.9. The van der Waals surface area contributed by atoms with Crippen LogP contribution in [0.3, 0.4) is 0 Å². The summed E-state index contributed by atoms with van der Waals surface area (Å²) in [5, 5.41) is 2.47. The summed E-state index contributed by atoms with van der Waals surface area (Å²) in [7, 11) is 0. The molecule has 0 bridgehead atoms. The van der Waals surface area contributed by atoms with E-state index in [0.717, 1.165) is 46.2 Å². The molecule has 0 spiro atoms. The molecule has 3 heteroatoms. The number of benzene rings is 8. The van der Waals surface area contributed by atoms with Crippen LogP contribution in [0.5, 0.6) is 0 Å². The van der Waals surface area contributed by atoms with Crippen LogP contribution < -0.4 is 9.80 Å². The molecule has 0 aliphatic heterocycles. The van der Waals surface area contributed by atoms with Gasteiger partial charge in [0, 0.05) is 61.9 Å². The molecule has 3 nitrogen and oxygen atoms in total. The quantitative estimate of drug-likeness (QED) is 0.152. The van der Waals surface area contributed by atoms with Gasteiger partial charge >= 0.3 is 0 Å². The molecule has 9 aromatic rings. The maximum atomic E-state index is 2.47. The molecule has 8 aromatic carbocycles. The first kappa shape index (κ1) is 35.8. The van der Waals surface area contributed by atoms with Crippen molar-refractivity contribution in [2.45, 2.75) is 31.6 Å². The summed E-state index contributed by atoms with van der Waals surface area (Å²) < 4.78 is 2.47. The van der Waals surface area contributed by atoms with Crippen molar-refractivity contribution < 1.29 is 0 Å². The first-order valence-electron chi connectivity index (χ1n) is 21.0. The second-order valence-corrected chi connectivity index (χ2v) is 16.6. The van der Waals surface area contributed by atoms with E-state index in [1.807, 2.05) is 0 Å². The highest BCUT2D eigenvalue weighted by molar-refractivity contribution is 6.13. The number of hydrogen-bond acceptors (Lipinski definition) is 2. The van der Waals surface area contributed by atoms with Crippen LogP contribution in [0.15, 0.2) is 218 Å². The minimum absolute atomic E-state index is 0.123. The minimum atomic E-state index is -0.123. The van der Waals surface area contributed by atoms with E-state index in [2.05, 4.69) is 247 Å². The fourth-order valence-corrected chi connectivity index (χ4v) is 9.69. The molecule has 11 rings (SSSR count). The molecule has 0 radical (unpaired) electrons. The fourth-order valence-electron chi connectivity index (χ4n) is 9.69. The van der Waals surface area contributed by atoms with Crippen molar-refractivity contribution in [2.24, 2.45) is 0 Å². The van der Waals surface area contributed by atoms with Crippen LogP contribution in [0, 0.1) is 0 Å². The molecule has 1 unspecified atom stereocenters. The van der Waals surface area contributed by atoms with Gasteiger partial charge in [-0.2, -0.15) is 0 Å². The van der Waals surface area contributed by atoms with Crippen LogP contribution in [0.4, 0.5) is 34.1 Å². The van der Waals surface area contributed by atoms with Crippen LogP contribution in [0.1, 0.15) is 42.9 Å². The Bertz CT molecular complexity index is 3030. The molecule has 1 aromatic heterocycles. The molecule has 288 valence electrons. The Morgan fingerprint density at radius 1 is 0.450 bits per heavy atom. The highest BCUT2D eigenvalue weighted by Crippen LogP contribution is 2.51. The number of para-hydroxylation sites is 3. The second kappa shape index (κ2) is 14.5. The first-order chi connectivity index (χ1) is 29.5. The molecule has 2 aliphatic carbocycles. The highest BCUT2D eigenvalue weighted by atomic mass is 15.1. The number of rotatable bonds is 8. The van der Waals surface area contributed by atoms with Gasteiger partial charge in [-0.25, -0.2) is 0 Å². The minimum Gasteiger partial charge on any atom is -0.311 e. The van der Waals surface area contributed by atoms with Gasteiger partial charge in [0.1, 0.15) is 0 Å². The molecule has 0 N–H and O–H groups in total. The topological polar surface area (TPSA) is 11.4 Å². The lowest BCUT2D eigenvalue weighted by atomic mass is 9.82. The maximum absolute atomic E-state index is 2.47. The van der Waals surface area contributed by atoms with Gasteiger partial charge in [0.15, 0.2) is 0 Å². The summed E-state index contributed by atoms with van der Waals surface area (Å²) in [5.74, 6) is 0.405. The lowest BCUT2D eigenvalue weighted by molar-refractivity contribution is 0.661. The number of allylic oxidation sites excluding steroid dienone is 4. The lowest BCUT2D eigenvalue weighted by Crippen LogP contribution is -2.15. The third-order valence-corrected chi connectivity index (χ3v) is 12.7. The van der Waals surface area contributed by atoms with Crippen LogP contribution >= 0.6 is 0 Å². The second-order valence-electron chi connectivity index (χ2n) is 16.6. The number of fused-ring (bicyclic) bond motifs is 6. The zero-order valence-electron chi connectivity index (χ0n) is 33.9. The van der Waals surface area contributed by atoms with Gasteiger partial charge in [-0.1, -0.05) is 129 Å². The molecular weight excluding hydrogens is 727 g/mol. The third-order valence-electron chi connectivity index (χ3n) is 12.7.